The second-order valence-electron chi connectivity index (χ2n) is 5.31. The van der Waals surface area contributed by atoms with Crippen molar-refractivity contribution in [2.45, 2.75) is 70.4 Å². The molecule has 0 saturated carbocycles. The van der Waals surface area contributed by atoms with Crippen molar-refractivity contribution in [3.8, 4) is 0 Å². The van der Waals surface area contributed by atoms with Crippen LogP contribution in [0.25, 0.3) is 0 Å². The Morgan fingerprint density at radius 1 is 1.16 bits per heavy atom. The number of β-amino-alcohol motifs (C(OH)–C–C–N with tert-alkyl or cyclic N) is 1. The van der Waals surface area contributed by atoms with Crippen molar-refractivity contribution in [3.63, 3.8) is 0 Å². The van der Waals surface area contributed by atoms with Crippen LogP contribution in [-0.2, 0) is 9.59 Å². The standard InChI is InChI=1S/C14H25NO4/c1-2-3-4-5-6-7-8-13(17)15-10-11(16)9-12(15)14(18)19/h11-12,16H,2-10H2,1H3,(H,18,19). The first-order valence-corrected chi connectivity index (χ1v) is 7.26. The van der Waals surface area contributed by atoms with Crippen molar-refractivity contribution in [2.75, 3.05) is 6.54 Å². The second kappa shape index (κ2) is 8.15. The van der Waals surface area contributed by atoms with E-state index >= 15 is 0 Å². The summed E-state index contributed by atoms with van der Waals surface area (Å²) < 4.78 is 0. The fourth-order valence-electron chi connectivity index (χ4n) is 2.52. The van der Waals surface area contributed by atoms with Crippen molar-refractivity contribution in [2.24, 2.45) is 0 Å². The quantitative estimate of drug-likeness (QED) is 0.660. The average Bonchev–Trinajstić information content (AvgIpc) is 2.76. The third kappa shape index (κ3) is 5.19. The smallest absolute Gasteiger partial charge is 0.326 e. The molecule has 0 radical (unpaired) electrons. The monoisotopic (exact) mass is 271 g/mol. The molecule has 2 N–H and O–H groups in total. The highest BCUT2D eigenvalue weighted by molar-refractivity contribution is 5.84. The van der Waals surface area contributed by atoms with Gasteiger partial charge in [-0.15, -0.1) is 0 Å². The van der Waals surface area contributed by atoms with E-state index in [2.05, 4.69) is 6.92 Å². The third-order valence-corrected chi connectivity index (χ3v) is 3.63. The molecule has 1 heterocycles. The minimum atomic E-state index is -1.02. The van der Waals surface area contributed by atoms with E-state index in [4.69, 9.17) is 5.11 Å². The highest BCUT2D eigenvalue weighted by Gasteiger charge is 2.38. The van der Waals surface area contributed by atoms with Gasteiger partial charge in [0.2, 0.25) is 5.91 Å². The number of rotatable bonds is 8. The number of likely N-dealkylation sites (tertiary alicyclic amines) is 1. The average molecular weight is 271 g/mol. The number of amides is 1. The molecule has 2 unspecified atom stereocenters. The first-order chi connectivity index (χ1) is 9.06. The van der Waals surface area contributed by atoms with E-state index in [1.165, 1.54) is 24.2 Å². The maximum atomic E-state index is 11.9. The number of carbonyl (C=O) groups is 2. The summed E-state index contributed by atoms with van der Waals surface area (Å²) in [5.41, 5.74) is 0. The van der Waals surface area contributed by atoms with Gasteiger partial charge in [0.1, 0.15) is 6.04 Å². The van der Waals surface area contributed by atoms with Gasteiger partial charge in [0.15, 0.2) is 0 Å². The molecule has 110 valence electrons. The second-order valence-corrected chi connectivity index (χ2v) is 5.31. The number of unbranched alkanes of at least 4 members (excludes halogenated alkanes) is 5. The molecule has 1 aliphatic heterocycles. The van der Waals surface area contributed by atoms with Crippen molar-refractivity contribution in [1.82, 2.24) is 4.90 Å². The summed E-state index contributed by atoms with van der Waals surface area (Å²) in [7, 11) is 0. The molecule has 5 heteroatoms. The number of carbonyl (C=O) groups excluding carboxylic acids is 1. The van der Waals surface area contributed by atoms with Gasteiger partial charge in [0.05, 0.1) is 6.10 Å². The van der Waals surface area contributed by atoms with Crippen LogP contribution in [0.15, 0.2) is 0 Å². The summed E-state index contributed by atoms with van der Waals surface area (Å²) >= 11 is 0. The zero-order valence-corrected chi connectivity index (χ0v) is 11.7. The lowest BCUT2D eigenvalue weighted by Gasteiger charge is -2.21. The van der Waals surface area contributed by atoms with Gasteiger partial charge < -0.3 is 15.1 Å². The van der Waals surface area contributed by atoms with Gasteiger partial charge in [-0.25, -0.2) is 4.79 Å². The van der Waals surface area contributed by atoms with E-state index in [9.17, 15) is 14.7 Å². The predicted octanol–water partition coefficient (Wildman–Crippen LogP) is 1.78. The van der Waals surface area contributed by atoms with Crippen LogP contribution in [0.5, 0.6) is 0 Å². The molecule has 0 aromatic carbocycles. The van der Waals surface area contributed by atoms with Gasteiger partial charge in [-0.3, -0.25) is 4.79 Å². The Bertz CT molecular complexity index is 306. The van der Waals surface area contributed by atoms with Gasteiger partial charge in [-0.05, 0) is 6.42 Å². The van der Waals surface area contributed by atoms with E-state index in [1.807, 2.05) is 0 Å². The summed E-state index contributed by atoms with van der Waals surface area (Å²) in [5, 5.41) is 18.5. The zero-order valence-electron chi connectivity index (χ0n) is 11.7. The van der Waals surface area contributed by atoms with Gasteiger partial charge in [-0.1, -0.05) is 39.0 Å². The number of aliphatic hydroxyl groups is 1. The molecular formula is C14H25NO4. The number of hydrogen-bond acceptors (Lipinski definition) is 3. The van der Waals surface area contributed by atoms with Gasteiger partial charge >= 0.3 is 5.97 Å². The Morgan fingerprint density at radius 2 is 1.79 bits per heavy atom. The fraction of sp³-hybridized carbons (Fsp3) is 0.857. The van der Waals surface area contributed by atoms with Crippen LogP contribution in [-0.4, -0.2) is 45.7 Å². The maximum absolute atomic E-state index is 11.9. The molecule has 1 aliphatic rings. The SMILES string of the molecule is CCCCCCCCC(=O)N1CC(O)CC1C(=O)O. The van der Waals surface area contributed by atoms with E-state index in [0.29, 0.717) is 6.42 Å². The molecule has 1 fully saturated rings. The third-order valence-electron chi connectivity index (χ3n) is 3.63. The first-order valence-electron chi connectivity index (χ1n) is 7.26. The topological polar surface area (TPSA) is 77.8 Å². The van der Waals surface area contributed by atoms with Crippen LogP contribution >= 0.6 is 0 Å². The molecular weight excluding hydrogens is 246 g/mol. The van der Waals surface area contributed by atoms with Crippen molar-refractivity contribution < 1.29 is 19.8 Å². The number of aliphatic hydroxyl groups excluding tert-OH is 1. The van der Waals surface area contributed by atoms with Crippen molar-refractivity contribution in [1.29, 1.82) is 0 Å². The van der Waals surface area contributed by atoms with E-state index in [0.717, 1.165) is 19.3 Å². The van der Waals surface area contributed by atoms with Crippen LogP contribution in [0.1, 0.15) is 58.3 Å². The Morgan fingerprint density at radius 3 is 2.42 bits per heavy atom. The highest BCUT2D eigenvalue weighted by Crippen LogP contribution is 2.20. The number of hydrogen-bond donors (Lipinski definition) is 2. The fourth-order valence-corrected chi connectivity index (χ4v) is 2.52. The lowest BCUT2D eigenvalue weighted by atomic mass is 10.1. The van der Waals surface area contributed by atoms with E-state index in [1.54, 1.807) is 0 Å². The molecule has 5 nitrogen and oxygen atoms in total. The lowest BCUT2D eigenvalue weighted by molar-refractivity contribution is -0.148. The molecule has 0 bridgehead atoms. The van der Waals surface area contributed by atoms with Crippen LogP contribution in [0.4, 0.5) is 0 Å². The molecule has 1 saturated heterocycles. The molecule has 19 heavy (non-hydrogen) atoms. The summed E-state index contributed by atoms with van der Waals surface area (Å²) in [6, 6.07) is -0.845. The minimum absolute atomic E-state index is 0.139. The lowest BCUT2D eigenvalue weighted by Crippen LogP contribution is -2.40. The summed E-state index contributed by atoms with van der Waals surface area (Å²) in [4.78, 5) is 24.3. The van der Waals surface area contributed by atoms with Crippen LogP contribution in [0.3, 0.4) is 0 Å². The summed E-state index contributed by atoms with van der Waals surface area (Å²) in [5.74, 6) is -1.16. The molecule has 2 atom stereocenters. The normalized spacial score (nSPS) is 22.7. The Kier molecular flexibility index (Phi) is 6.84. The Balaban J connectivity index is 2.26. The number of carboxylic acid groups (broad SMARTS) is 1. The number of aliphatic carboxylic acids is 1. The Hall–Kier alpha value is -1.10. The molecule has 1 amide bonds. The molecule has 1 rings (SSSR count). The van der Waals surface area contributed by atoms with Crippen molar-refractivity contribution in [3.05, 3.63) is 0 Å². The molecule has 0 spiro atoms. The number of nitrogens with zero attached hydrogens (tertiary/aromatic N) is 1. The minimum Gasteiger partial charge on any atom is -0.480 e. The van der Waals surface area contributed by atoms with Crippen LogP contribution in [0, 0.1) is 0 Å². The van der Waals surface area contributed by atoms with Gasteiger partial charge in [0, 0.05) is 19.4 Å². The number of carboxylic acids is 1. The summed E-state index contributed by atoms with van der Waals surface area (Å²) in [6.07, 6.45) is 6.42. The van der Waals surface area contributed by atoms with Gasteiger partial charge in [-0.2, -0.15) is 0 Å². The maximum Gasteiger partial charge on any atom is 0.326 e. The van der Waals surface area contributed by atoms with E-state index < -0.39 is 18.1 Å². The van der Waals surface area contributed by atoms with E-state index in [-0.39, 0.29) is 18.9 Å². The first kappa shape index (κ1) is 16.0. The highest BCUT2D eigenvalue weighted by atomic mass is 16.4. The largest absolute Gasteiger partial charge is 0.480 e. The molecule has 0 aromatic rings. The predicted molar refractivity (Wildman–Crippen MR) is 71.8 cm³/mol. The van der Waals surface area contributed by atoms with Crippen molar-refractivity contribution >= 4 is 11.9 Å². The van der Waals surface area contributed by atoms with Gasteiger partial charge in [0.25, 0.3) is 0 Å². The molecule has 0 aliphatic carbocycles. The Labute approximate surface area is 114 Å². The summed E-state index contributed by atoms with van der Waals surface area (Å²) in [6.45, 7) is 2.32. The zero-order chi connectivity index (χ0) is 14.3. The van der Waals surface area contributed by atoms with Crippen LogP contribution < -0.4 is 0 Å². The van der Waals surface area contributed by atoms with Crippen LogP contribution in [0.2, 0.25) is 0 Å². The molecule has 0 aromatic heterocycles.